The molecule has 0 bridgehead atoms. The maximum atomic E-state index is 10.7. The zero-order chi connectivity index (χ0) is 13.4. The molecule has 1 atom stereocenters. The molecule has 1 rings (SSSR count). The molecule has 1 amide bonds. The Balaban J connectivity index is 2.48. The molecule has 0 aliphatic rings. The third-order valence-electron chi connectivity index (χ3n) is 2.84. The number of nitrogens with one attached hydrogen (secondary N) is 1. The second kappa shape index (κ2) is 8.11. The van der Waals surface area contributed by atoms with Gasteiger partial charge >= 0.3 is 0 Å². The molecule has 18 heavy (non-hydrogen) atoms. The third kappa shape index (κ3) is 5.52. The maximum Gasteiger partial charge on any atom is 0.217 e. The van der Waals surface area contributed by atoms with Crippen molar-refractivity contribution in [2.24, 2.45) is 5.73 Å². The van der Waals surface area contributed by atoms with Crippen molar-refractivity contribution in [3.05, 3.63) is 34.9 Å². The van der Waals surface area contributed by atoms with Gasteiger partial charge in [-0.05, 0) is 37.1 Å². The first-order valence-corrected chi connectivity index (χ1v) is 6.78. The van der Waals surface area contributed by atoms with Crippen LogP contribution in [0.1, 0.15) is 44.2 Å². The van der Waals surface area contributed by atoms with Crippen LogP contribution in [0.2, 0.25) is 5.02 Å². The summed E-state index contributed by atoms with van der Waals surface area (Å²) in [5.74, 6) is -0.240. The van der Waals surface area contributed by atoms with Gasteiger partial charge in [0, 0.05) is 17.5 Å². The molecule has 3 N–H and O–H groups in total. The number of halogens is 1. The average molecular weight is 269 g/mol. The summed E-state index contributed by atoms with van der Waals surface area (Å²) in [5.41, 5.74) is 6.35. The molecule has 0 fully saturated rings. The average Bonchev–Trinajstić information content (AvgIpc) is 2.34. The van der Waals surface area contributed by atoms with Gasteiger partial charge in [0.15, 0.2) is 0 Å². The summed E-state index contributed by atoms with van der Waals surface area (Å²) in [5, 5.41) is 4.21. The molecule has 0 aliphatic heterocycles. The van der Waals surface area contributed by atoms with Gasteiger partial charge in [-0.25, -0.2) is 0 Å². The van der Waals surface area contributed by atoms with Crippen LogP contribution in [-0.4, -0.2) is 12.5 Å². The molecule has 100 valence electrons. The topological polar surface area (TPSA) is 55.1 Å². The van der Waals surface area contributed by atoms with Crippen LogP contribution in [0.4, 0.5) is 0 Å². The van der Waals surface area contributed by atoms with Gasteiger partial charge in [0.1, 0.15) is 0 Å². The minimum Gasteiger partial charge on any atom is -0.370 e. The van der Waals surface area contributed by atoms with Gasteiger partial charge in [0.05, 0.1) is 0 Å². The smallest absolute Gasteiger partial charge is 0.217 e. The van der Waals surface area contributed by atoms with Crippen molar-refractivity contribution in [3.8, 4) is 0 Å². The van der Waals surface area contributed by atoms with E-state index in [9.17, 15) is 4.79 Å². The fraction of sp³-hybridized carbons (Fsp3) is 0.500. The Morgan fingerprint density at radius 2 is 2.06 bits per heavy atom. The van der Waals surface area contributed by atoms with E-state index < -0.39 is 0 Å². The lowest BCUT2D eigenvalue weighted by atomic mass is 10.0. The molecule has 0 aromatic heterocycles. The van der Waals surface area contributed by atoms with Crippen LogP contribution in [0.25, 0.3) is 0 Å². The van der Waals surface area contributed by atoms with Crippen molar-refractivity contribution in [1.29, 1.82) is 0 Å². The number of benzene rings is 1. The summed E-state index contributed by atoms with van der Waals surface area (Å²) in [4.78, 5) is 10.7. The lowest BCUT2D eigenvalue weighted by Gasteiger charge is -2.18. The number of amides is 1. The summed E-state index contributed by atoms with van der Waals surface area (Å²) >= 11 is 5.88. The quantitative estimate of drug-likeness (QED) is 0.712. The number of carbonyl (C=O) groups is 1. The SMILES string of the molecule is CCCC(NCCCC(N)=O)c1ccc(Cl)cc1. The van der Waals surface area contributed by atoms with E-state index in [1.807, 2.05) is 24.3 Å². The normalized spacial score (nSPS) is 12.3. The second-order valence-corrected chi connectivity index (χ2v) is 4.85. The molecule has 1 aromatic rings. The molecular formula is C14H21ClN2O. The molecule has 0 spiro atoms. The number of nitrogens with two attached hydrogens (primary N) is 1. The van der Waals surface area contributed by atoms with Crippen LogP contribution < -0.4 is 11.1 Å². The number of primary amides is 1. The van der Waals surface area contributed by atoms with E-state index in [0.717, 1.165) is 30.8 Å². The van der Waals surface area contributed by atoms with E-state index in [1.54, 1.807) is 0 Å². The Bertz CT molecular complexity index is 365. The zero-order valence-electron chi connectivity index (χ0n) is 10.8. The molecule has 3 nitrogen and oxygen atoms in total. The van der Waals surface area contributed by atoms with E-state index in [2.05, 4.69) is 12.2 Å². The Morgan fingerprint density at radius 1 is 1.39 bits per heavy atom. The lowest BCUT2D eigenvalue weighted by molar-refractivity contribution is -0.118. The van der Waals surface area contributed by atoms with Crippen LogP contribution in [0.15, 0.2) is 24.3 Å². The highest BCUT2D eigenvalue weighted by Gasteiger charge is 2.09. The van der Waals surface area contributed by atoms with Crippen molar-refractivity contribution >= 4 is 17.5 Å². The van der Waals surface area contributed by atoms with Crippen molar-refractivity contribution in [2.75, 3.05) is 6.54 Å². The van der Waals surface area contributed by atoms with Gasteiger partial charge in [-0.1, -0.05) is 37.1 Å². The van der Waals surface area contributed by atoms with E-state index >= 15 is 0 Å². The van der Waals surface area contributed by atoms with E-state index in [0.29, 0.717) is 12.5 Å². The Hall–Kier alpha value is -1.06. The van der Waals surface area contributed by atoms with Gasteiger partial charge in [0.2, 0.25) is 5.91 Å². The minimum atomic E-state index is -0.240. The first-order valence-electron chi connectivity index (χ1n) is 6.40. The summed E-state index contributed by atoms with van der Waals surface area (Å²) in [6.45, 7) is 2.96. The summed E-state index contributed by atoms with van der Waals surface area (Å²) in [6, 6.07) is 8.23. The zero-order valence-corrected chi connectivity index (χ0v) is 11.5. The highest BCUT2D eigenvalue weighted by molar-refractivity contribution is 6.30. The molecule has 1 aromatic carbocycles. The van der Waals surface area contributed by atoms with Gasteiger partial charge in [-0.15, -0.1) is 0 Å². The van der Waals surface area contributed by atoms with E-state index in [4.69, 9.17) is 17.3 Å². The van der Waals surface area contributed by atoms with Crippen molar-refractivity contribution in [3.63, 3.8) is 0 Å². The van der Waals surface area contributed by atoms with Crippen molar-refractivity contribution in [1.82, 2.24) is 5.32 Å². The summed E-state index contributed by atoms with van der Waals surface area (Å²) in [7, 11) is 0. The Labute approximate surface area is 114 Å². The summed E-state index contributed by atoms with van der Waals surface area (Å²) < 4.78 is 0. The first kappa shape index (κ1) is 15.0. The third-order valence-corrected chi connectivity index (χ3v) is 3.09. The highest BCUT2D eigenvalue weighted by atomic mass is 35.5. The molecule has 0 radical (unpaired) electrons. The number of hydrogen-bond acceptors (Lipinski definition) is 2. The molecular weight excluding hydrogens is 248 g/mol. The first-order chi connectivity index (χ1) is 8.63. The van der Waals surface area contributed by atoms with Crippen LogP contribution in [-0.2, 0) is 4.79 Å². The molecule has 4 heteroatoms. The largest absolute Gasteiger partial charge is 0.370 e. The lowest BCUT2D eigenvalue weighted by Crippen LogP contribution is -2.23. The summed E-state index contributed by atoms with van der Waals surface area (Å²) in [6.07, 6.45) is 3.39. The van der Waals surface area contributed by atoms with Crippen molar-refractivity contribution in [2.45, 2.75) is 38.6 Å². The predicted octanol–water partition coefficient (Wildman–Crippen LogP) is 3.04. The number of carbonyl (C=O) groups excluding carboxylic acids is 1. The van der Waals surface area contributed by atoms with Crippen LogP contribution in [0.5, 0.6) is 0 Å². The van der Waals surface area contributed by atoms with E-state index in [-0.39, 0.29) is 5.91 Å². The Morgan fingerprint density at radius 3 is 2.61 bits per heavy atom. The van der Waals surface area contributed by atoms with Gasteiger partial charge < -0.3 is 11.1 Å². The fourth-order valence-electron chi connectivity index (χ4n) is 1.91. The second-order valence-electron chi connectivity index (χ2n) is 4.42. The van der Waals surface area contributed by atoms with Crippen molar-refractivity contribution < 1.29 is 4.79 Å². The number of hydrogen-bond donors (Lipinski definition) is 2. The monoisotopic (exact) mass is 268 g/mol. The van der Waals surface area contributed by atoms with Gasteiger partial charge in [0.25, 0.3) is 0 Å². The van der Waals surface area contributed by atoms with Crippen LogP contribution in [0.3, 0.4) is 0 Å². The number of rotatable bonds is 8. The molecule has 1 unspecified atom stereocenters. The van der Waals surface area contributed by atoms with Crippen LogP contribution in [0, 0.1) is 0 Å². The predicted molar refractivity (Wildman–Crippen MR) is 75.5 cm³/mol. The molecule has 0 aliphatic carbocycles. The fourth-order valence-corrected chi connectivity index (χ4v) is 2.04. The highest BCUT2D eigenvalue weighted by Crippen LogP contribution is 2.20. The minimum absolute atomic E-state index is 0.240. The van der Waals surface area contributed by atoms with Crippen LogP contribution >= 0.6 is 11.6 Å². The molecule has 0 saturated heterocycles. The van der Waals surface area contributed by atoms with Gasteiger partial charge in [-0.2, -0.15) is 0 Å². The maximum absolute atomic E-state index is 10.7. The Kier molecular flexibility index (Phi) is 6.76. The molecule has 0 saturated carbocycles. The molecule has 0 heterocycles. The van der Waals surface area contributed by atoms with Gasteiger partial charge in [-0.3, -0.25) is 4.79 Å². The standard InChI is InChI=1S/C14H21ClN2O/c1-2-4-13(17-10-3-5-14(16)18)11-6-8-12(15)9-7-11/h6-9,13,17H,2-5,10H2,1H3,(H2,16,18). The van der Waals surface area contributed by atoms with E-state index in [1.165, 1.54) is 5.56 Å².